The van der Waals surface area contributed by atoms with Gasteiger partial charge in [-0.25, -0.2) is 13.4 Å². The molecule has 1 fully saturated rings. The van der Waals surface area contributed by atoms with Crippen molar-refractivity contribution in [1.29, 1.82) is 0 Å². The predicted molar refractivity (Wildman–Crippen MR) is 452 cm³/mol. The number of hydrogen-bond acceptors (Lipinski definition) is 28. The standard InChI is InChI=1S/C15H17NO4.C14H17NO4.C13H15NO4.C12H14N2O3.C12H15NO5S.C12H15NO4S.C12H15NO3S/c16-12(15(19)20)8-9-4-6-10(7-5-9)14(18)11-2-1-3-13(11)17;1-8(2)12(16)13(17)10-5-3-9(4-6-10)7-11(15)14(18)19;1-8(15)6-12(16)10-4-2-9(3-5-10)7-11(14)13(17)18;1-8(15)14-7-10-4-2-9(3-5-10)6-11(13)12(16)17;1-8(14)7-19(17,18)10-4-2-9(3-5-10)6-11(13)12(15)16;1-8(14)7-18(17)10-4-2-9(3-5-10)6-11(13)12(15)16;1-8(14)7-17-10-4-2-9(3-5-10)6-11(13)12(15)16/h4-7,11-12H,1-3,8,16H2,(H,19,20);3-6,8,11H,7,15H2,1-2H3,(H,18,19);2-5,11H,6-7,14H2,1H3,(H,17,18);2-5,7,11H,6,13H2,1H3,(H,16,17);2-5,11H,6-7,13H2,1H3,(H,15,16);2-5,11H,6-7,13H2,1H3,(H,15,16);2-5,11H,6-7,13H2,1H3,(H,15,16)/t11?,12-;2*11-;;11-;11-,18?;11-/m000.000/s1. The number of carbonyl (C=O) groups excluding carboxylic acids is 16. The van der Waals surface area contributed by atoms with E-state index in [1.807, 2.05) is 24.3 Å². The fraction of sp³-hybridized carbons (Fsp3) is 0.333. The van der Waals surface area contributed by atoms with Crippen LogP contribution < -0.4 is 70.8 Å². The molecule has 1 aliphatic carbocycles. The van der Waals surface area contributed by atoms with Gasteiger partial charge in [0.1, 0.15) is 77.0 Å². The van der Waals surface area contributed by atoms with Crippen LogP contribution in [0, 0.1) is 11.8 Å². The van der Waals surface area contributed by atoms with E-state index < -0.39 is 134 Å². The van der Waals surface area contributed by atoms with Gasteiger partial charge in [-0.15, -0.1) is 11.8 Å². The van der Waals surface area contributed by atoms with Gasteiger partial charge in [0.2, 0.25) is 17.5 Å². The maximum absolute atomic E-state index is 12.2. The smallest absolute Gasteiger partial charge is 0.320 e. The van der Waals surface area contributed by atoms with Crippen molar-refractivity contribution in [2.24, 2.45) is 22.6 Å². The number of carboxylic acids is 7. The summed E-state index contributed by atoms with van der Waals surface area (Å²) < 4.78 is 35.2. The molecule has 0 bridgehead atoms. The van der Waals surface area contributed by atoms with E-state index in [1.165, 1.54) is 82.1 Å². The first-order valence-corrected chi connectivity index (χ1v) is 43.6. The molecule has 0 aliphatic heterocycles. The highest BCUT2D eigenvalue weighted by molar-refractivity contribution is 8.00. The van der Waals surface area contributed by atoms with Crippen molar-refractivity contribution >= 4 is 138 Å². The van der Waals surface area contributed by atoms with E-state index in [2.05, 4.69) is 39.4 Å². The van der Waals surface area contributed by atoms with Crippen molar-refractivity contribution in [2.75, 3.05) is 17.3 Å². The number of Topliss-reactive ketones (excluding diaryl/α,β-unsaturated/α-hetero) is 9. The van der Waals surface area contributed by atoms with Gasteiger partial charge in [0.15, 0.2) is 21.4 Å². The second-order valence-corrected chi connectivity index (χ2v) is 34.6. The minimum Gasteiger partial charge on any atom is -0.544 e. The van der Waals surface area contributed by atoms with Crippen LogP contribution in [0.5, 0.6) is 0 Å². The summed E-state index contributed by atoms with van der Waals surface area (Å²) in [5, 5.41) is 72.0. The predicted octanol–water partition coefficient (Wildman–Crippen LogP) is -6.99. The molecule has 38 heteroatoms. The zero-order chi connectivity index (χ0) is 97.0. The number of ketones is 9. The highest BCUT2D eigenvalue weighted by atomic mass is 32.2. The first-order chi connectivity index (χ1) is 59.8. The Balaban J connectivity index is 0.000000506. The highest BCUT2D eigenvalue weighted by Gasteiger charge is 2.32. The van der Waals surface area contributed by atoms with Crippen LogP contribution in [-0.2, 0) is 133 Å². The van der Waals surface area contributed by atoms with E-state index in [4.69, 9.17) is 10.8 Å². The molecular formula is C90H108N8O27S3. The quantitative estimate of drug-likeness (QED) is 0.00583. The van der Waals surface area contributed by atoms with Crippen LogP contribution in [0.1, 0.15) is 150 Å². The fourth-order valence-electron chi connectivity index (χ4n) is 11.0. The maximum Gasteiger partial charge on any atom is 0.320 e. The molecule has 3 unspecified atom stereocenters. The van der Waals surface area contributed by atoms with Crippen molar-refractivity contribution in [1.82, 2.24) is 0 Å². The number of aliphatic imine (C=N–C) groups is 1. The minimum absolute atomic E-state index is 0.00362. The molecule has 35 nitrogen and oxygen atoms in total. The van der Waals surface area contributed by atoms with Crippen LogP contribution in [0.3, 0.4) is 0 Å². The molecule has 1 aliphatic rings. The Morgan fingerprint density at radius 1 is 0.477 bits per heavy atom. The van der Waals surface area contributed by atoms with Crippen LogP contribution in [0.4, 0.5) is 0 Å². The van der Waals surface area contributed by atoms with Crippen molar-refractivity contribution in [3.63, 3.8) is 0 Å². The van der Waals surface area contributed by atoms with Gasteiger partial charge in [0.05, 0.1) is 75.4 Å². The van der Waals surface area contributed by atoms with E-state index in [9.17, 15) is 125 Å². The number of amides is 1. The molecule has 1 amide bonds. The van der Waals surface area contributed by atoms with E-state index in [0.29, 0.717) is 52.2 Å². The van der Waals surface area contributed by atoms with Gasteiger partial charge in [-0.2, -0.15) is 0 Å². The van der Waals surface area contributed by atoms with Crippen molar-refractivity contribution < 1.29 is 164 Å². The monoisotopic (exact) mass is 1830 g/mol. The SMILES string of the molecule is CC(=O)CC(=O)c1ccc(C[C@H]([NH3+])C(=O)[O-])cc1.CC(=O)CS(=O)(=O)c1ccc(C[C@H]([NH3+])C(=O)[O-])cc1.CC(=O)CS(=O)c1ccc(C[C@H]([NH3+])C(=O)[O-])cc1.CC(=O)CSc1ccc(C[C@H]([NH3+])C(=O)[O-])cc1.CC(=O)N=Cc1ccc(CC(N)C(=O)O)cc1.CC(C)C(=O)C(=O)c1ccc(C[C@H]([NH3+])C(=O)[O-])cc1.[NH3+][C@@H](Cc1ccc(C(=O)C2CCCC2=O)cc1)C(=O)[O-]. The molecule has 8 rings (SSSR count). The number of nitrogens with zero attached hydrogens (tertiary/aromatic N) is 1. The third-order valence-corrected chi connectivity index (χ3v) is 22.5. The van der Waals surface area contributed by atoms with Crippen molar-refractivity contribution in [3.05, 3.63) is 231 Å². The maximum atomic E-state index is 12.2. The summed E-state index contributed by atoms with van der Waals surface area (Å²) in [6, 6.07) is 40.6. The molecule has 0 saturated heterocycles. The largest absolute Gasteiger partial charge is 0.544 e. The molecule has 128 heavy (non-hydrogen) atoms. The lowest BCUT2D eigenvalue weighted by molar-refractivity contribution is -0.437. The number of aliphatic carboxylic acids is 7. The molecule has 0 aromatic heterocycles. The number of quaternary nitrogens is 6. The molecule has 7 aromatic carbocycles. The molecule has 688 valence electrons. The number of rotatable bonds is 39. The van der Waals surface area contributed by atoms with Gasteiger partial charge in [-0.1, -0.05) is 147 Å². The van der Waals surface area contributed by atoms with Crippen LogP contribution in [-0.4, -0.2) is 183 Å². The Hall–Kier alpha value is -12.6. The lowest BCUT2D eigenvalue weighted by atomic mass is 9.94. The Kier molecular flexibility index (Phi) is 49.1. The molecule has 7 aromatic rings. The third kappa shape index (κ3) is 44.0. The first kappa shape index (κ1) is 111. The molecule has 9 atom stereocenters. The second kappa shape index (κ2) is 56.4. The average molecular weight is 1830 g/mol. The van der Waals surface area contributed by atoms with Crippen LogP contribution in [0.15, 0.2) is 190 Å². The number of hydrogen-bond donors (Lipinski definition) is 8. The lowest BCUT2D eigenvalue weighted by Crippen LogP contribution is -2.69. The summed E-state index contributed by atoms with van der Waals surface area (Å²) in [4.78, 5) is 192. The Bertz CT molecular complexity index is 5100. The van der Waals surface area contributed by atoms with E-state index in [1.54, 1.807) is 130 Å². The van der Waals surface area contributed by atoms with E-state index in [0.717, 1.165) is 50.3 Å². The average Bonchev–Trinajstić information content (AvgIpc) is 1.66. The van der Waals surface area contributed by atoms with Gasteiger partial charge < -0.3 is 105 Å². The Labute approximate surface area is 745 Å². The number of carboxylic acid groups (broad SMARTS) is 7. The van der Waals surface area contributed by atoms with Crippen LogP contribution in [0.25, 0.3) is 0 Å². The summed E-state index contributed by atoms with van der Waals surface area (Å²) >= 11 is 1.47. The molecule has 0 spiro atoms. The molecular weight excluding hydrogens is 1720 g/mol. The first-order valence-electron chi connectivity index (χ1n) is 39.6. The summed E-state index contributed by atoms with van der Waals surface area (Å²) in [6.07, 6.45) is 5.06. The third-order valence-electron chi connectivity index (χ3n) is 18.1. The second-order valence-electron chi connectivity index (χ2n) is 30.1. The topological polar surface area (TPSA) is 704 Å². The summed E-state index contributed by atoms with van der Waals surface area (Å²) in [5.41, 5.74) is 33.7. The normalized spacial score (nSPS) is 13.7. The van der Waals surface area contributed by atoms with E-state index >= 15 is 0 Å². The molecule has 0 radical (unpaired) electrons. The minimum atomic E-state index is -3.61. The van der Waals surface area contributed by atoms with Crippen molar-refractivity contribution in [3.8, 4) is 0 Å². The molecule has 21 N–H and O–H groups in total. The fourth-order valence-corrected chi connectivity index (χ4v) is 14.0. The van der Waals surface area contributed by atoms with E-state index in [-0.39, 0.29) is 102 Å². The van der Waals surface area contributed by atoms with Crippen LogP contribution in [0.2, 0.25) is 0 Å². The zero-order valence-electron chi connectivity index (χ0n) is 71.9. The number of nitrogens with two attached hydrogens (primary N) is 1. The Morgan fingerprint density at radius 2 is 0.820 bits per heavy atom. The number of sulfone groups is 1. The van der Waals surface area contributed by atoms with Gasteiger partial charge in [0, 0.05) is 90.5 Å². The highest BCUT2D eigenvalue weighted by Crippen LogP contribution is 2.26. The van der Waals surface area contributed by atoms with Crippen LogP contribution >= 0.6 is 11.8 Å². The molecule has 0 heterocycles. The Morgan fingerprint density at radius 3 is 1.14 bits per heavy atom. The van der Waals surface area contributed by atoms with Gasteiger partial charge >= 0.3 is 5.97 Å². The van der Waals surface area contributed by atoms with Crippen molar-refractivity contribution in [2.45, 2.75) is 176 Å². The summed E-state index contributed by atoms with van der Waals surface area (Å²) in [6.45, 7) is 10.2. The lowest BCUT2D eigenvalue weighted by Gasteiger charge is -2.10. The van der Waals surface area contributed by atoms with Gasteiger partial charge in [-0.05, 0) is 128 Å². The summed E-state index contributed by atoms with van der Waals surface area (Å²) in [7, 11) is -4.95. The van der Waals surface area contributed by atoms with Gasteiger partial charge in [0.25, 0.3) is 0 Å². The zero-order valence-corrected chi connectivity index (χ0v) is 74.3. The number of thioether (sulfide) groups is 1. The summed E-state index contributed by atoms with van der Waals surface area (Å²) in [5.74, 6) is -11.3. The molecule has 1 saturated carbocycles. The number of benzene rings is 7. The number of carbonyl (C=O) groups is 17. The van der Waals surface area contributed by atoms with Gasteiger partial charge in [-0.3, -0.25) is 56.9 Å².